The van der Waals surface area contributed by atoms with Crippen molar-refractivity contribution >= 4 is 23.8 Å². The summed E-state index contributed by atoms with van der Waals surface area (Å²) in [5, 5.41) is 15.5. The Kier molecular flexibility index (Phi) is 8.19. The molecule has 3 rings (SSSR count). The second kappa shape index (κ2) is 10.9. The number of carbonyl (C=O) groups excluding carboxylic acids is 4. The normalized spacial score (nSPS) is 25.0. The van der Waals surface area contributed by atoms with Crippen LogP contribution in [0.2, 0.25) is 0 Å². The zero-order valence-electron chi connectivity index (χ0n) is 19.4. The van der Waals surface area contributed by atoms with Crippen molar-refractivity contribution in [1.82, 2.24) is 10.6 Å². The minimum atomic E-state index is -1.48. The van der Waals surface area contributed by atoms with Crippen LogP contribution in [0.3, 0.4) is 0 Å². The topological polar surface area (TPSA) is 148 Å². The molecule has 1 fully saturated rings. The van der Waals surface area contributed by atoms with Gasteiger partial charge in [-0.25, -0.2) is 9.59 Å². The molecule has 182 valence electrons. The Morgan fingerprint density at radius 3 is 2.53 bits per heavy atom. The lowest BCUT2D eigenvalue weighted by molar-refractivity contribution is -0.756. The largest absolute Gasteiger partial charge is 0.434 e. The first-order chi connectivity index (χ1) is 16.1. The van der Waals surface area contributed by atoms with Gasteiger partial charge in [0.1, 0.15) is 19.0 Å². The number of imide groups is 1. The molecule has 2 heterocycles. The van der Waals surface area contributed by atoms with E-state index in [2.05, 4.69) is 59.9 Å². The fraction of sp³-hybridized carbons (Fsp3) is 0.458. The number of aliphatic hydroxyl groups excluding tert-OH is 1. The third kappa shape index (κ3) is 6.07. The standard InChI is InChI=1S/C24H30N4O6/c1-15(2)18-8-6-16(7-9-18)11-26-12-17-4-3-5-21(30)28(13-17,24(25)33)14-20(29)27-19-10-22(31)34-23(19)32/h4,6-9,15,19,23,26,32H,3,10-14H2,1-2H3,(H2-,25,27,29,33)/p+1/t19?,23?,28-/m1/s1. The SMILES string of the molecule is CC(C)c1ccc(CNCC2=CC[C]C(=O)[N@@+](CC(=O)NC3CC(=O)OC3O)(C(N)=O)C2)cc1. The summed E-state index contributed by atoms with van der Waals surface area (Å²) in [4.78, 5) is 49.2. The second-order valence-corrected chi connectivity index (χ2v) is 8.93. The first kappa shape index (κ1) is 25.5. The summed E-state index contributed by atoms with van der Waals surface area (Å²) in [5.41, 5.74) is 8.69. The number of carbonyl (C=O) groups is 4. The Hall–Kier alpha value is -3.08. The fourth-order valence-corrected chi connectivity index (χ4v) is 3.98. The van der Waals surface area contributed by atoms with Crippen molar-refractivity contribution in [1.29, 1.82) is 0 Å². The van der Waals surface area contributed by atoms with Crippen LogP contribution in [0.5, 0.6) is 0 Å². The highest BCUT2D eigenvalue weighted by molar-refractivity contribution is 5.92. The maximum atomic E-state index is 12.8. The molecule has 5 N–H and O–H groups in total. The van der Waals surface area contributed by atoms with Crippen molar-refractivity contribution in [3.8, 4) is 0 Å². The van der Waals surface area contributed by atoms with Gasteiger partial charge >= 0.3 is 17.9 Å². The number of cyclic esters (lactones) is 1. The number of rotatable bonds is 8. The van der Waals surface area contributed by atoms with Crippen LogP contribution < -0.4 is 16.4 Å². The number of allylic oxidation sites excluding steroid dienone is 1. The van der Waals surface area contributed by atoms with Crippen LogP contribution in [-0.2, 0) is 25.7 Å². The molecule has 2 aliphatic rings. The van der Waals surface area contributed by atoms with Crippen molar-refractivity contribution in [2.75, 3.05) is 19.6 Å². The monoisotopic (exact) mass is 471 g/mol. The summed E-state index contributed by atoms with van der Waals surface area (Å²) in [6.07, 6.45) is 2.90. The van der Waals surface area contributed by atoms with Gasteiger partial charge in [-0.3, -0.25) is 9.59 Å². The Labute approximate surface area is 198 Å². The number of primary amides is 1. The smallest absolute Gasteiger partial charge is 0.422 e. The van der Waals surface area contributed by atoms with E-state index in [1.807, 2.05) is 0 Å². The van der Waals surface area contributed by atoms with Crippen molar-refractivity contribution < 1.29 is 33.5 Å². The molecule has 2 radical (unpaired) electrons. The van der Waals surface area contributed by atoms with E-state index in [1.165, 1.54) is 5.56 Å². The summed E-state index contributed by atoms with van der Waals surface area (Å²) >= 11 is 0. The van der Waals surface area contributed by atoms with E-state index < -0.39 is 47.2 Å². The first-order valence-corrected chi connectivity index (χ1v) is 11.2. The lowest BCUT2D eigenvalue weighted by Crippen LogP contribution is -2.64. The van der Waals surface area contributed by atoms with E-state index >= 15 is 0 Å². The van der Waals surface area contributed by atoms with Crippen molar-refractivity contribution in [2.45, 2.75) is 51.5 Å². The molecule has 0 aromatic heterocycles. The summed E-state index contributed by atoms with van der Waals surface area (Å²) in [6, 6.07) is 6.33. The molecule has 2 unspecified atom stereocenters. The number of hydrogen-bond donors (Lipinski definition) is 4. The Bertz CT molecular complexity index is 974. The van der Waals surface area contributed by atoms with Gasteiger partial charge in [-0.2, -0.15) is 4.48 Å². The molecule has 0 saturated carbocycles. The molecule has 1 aromatic carbocycles. The van der Waals surface area contributed by atoms with Gasteiger partial charge in [0.05, 0.1) is 6.42 Å². The number of benzene rings is 1. The molecule has 10 heteroatoms. The summed E-state index contributed by atoms with van der Waals surface area (Å²) < 4.78 is 3.64. The minimum Gasteiger partial charge on any atom is -0.434 e. The number of aliphatic hydroxyl groups is 1. The van der Waals surface area contributed by atoms with E-state index in [4.69, 9.17) is 5.73 Å². The summed E-state index contributed by atoms with van der Waals surface area (Å²) in [6.45, 7) is 4.58. The van der Waals surface area contributed by atoms with E-state index in [-0.39, 0.29) is 19.4 Å². The molecular weight excluding hydrogens is 440 g/mol. The Balaban J connectivity index is 1.64. The van der Waals surface area contributed by atoms with Gasteiger partial charge in [0.2, 0.25) is 6.29 Å². The molecule has 0 bridgehead atoms. The van der Waals surface area contributed by atoms with Gasteiger partial charge in [-0.1, -0.05) is 44.2 Å². The van der Waals surface area contributed by atoms with Gasteiger partial charge in [-0.15, -0.1) is 0 Å². The lowest BCUT2D eigenvalue weighted by atomic mass is 10.0. The molecule has 3 atom stereocenters. The number of esters is 1. The highest BCUT2D eigenvalue weighted by Crippen LogP contribution is 2.21. The average Bonchev–Trinajstić information content (AvgIpc) is 2.99. The number of ether oxygens (including phenoxy) is 1. The highest BCUT2D eigenvalue weighted by Gasteiger charge is 2.47. The van der Waals surface area contributed by atoms with Crippen LogP contribution >= 0.6 is 0 Å². The van der Waals surface area contributed by atoms with Gasteiger partial charge in [-0.05, 0) is 29.0 Å². The Morgan fingerprint density at radius 2 is 1.94 bits per heavy atom. The zero-order valence-corrected chi connectivity index (χ0v) is 19.4. The van der Waals surface area contributed by atoms with Gasteiger partial charge in [0.15, 0.2) is 6.54 Å². The predicted molar refractivity (Wildman–Crippen MR) is 121 cm³/mol. The van der Waals surface area contributed by atoms with Crippen LogP contribution in [0.1, 0.15) is 43.7 Å². The number of nitrogens with one attached hydrogen (secondary N) is 2. The molecular formula is C24H31N4O6+. The van der Waals surface area contributed by atoms with Crippen LogP contribution in [-0.4, -0.2) is 65.4 Å². The molecule has 1 aromatic rings. The van der Waals surface area contributed by atoms with Gasteiger partial charge in [0, 0.05) is 13.1 Å². The molecule has 1 saturated heterocycles. The third-order valence-electron chi connectivity index (χ3n) is 6.00. The zero-order chi connectivity index (χ0) is 24.9. The van der Waals surface area contributed by atoms with E-state index in [9.17, 15) is 24.3 Å². The molecule has 2 aliphatic heterocycles. The number of quaternary nitrogens is 1. The van der Waals surface area contributed by atoms with E-state index in [0.717, 1.165) is 11.1 Å². The van der Waals surface area contributed by atoms with Crippen LogP contribution in [0.25, 0.3) is 0 Å². The molecule has 10 nitrogen and oxygen atoms in total. The maximum Gasteiger partial charge on any atom is 0.422 e. The Morgan fingerprint density at radius 1 is 1.24 bits per heavy atom. The van der Waals surface area contributed by atoms with Gasteiger partial charge < -0.3 is 26.2 Å². The molecule has 0 spiro atoms. The molecule has 0 aliphatic carbocycles. The molecule has 34 heavy (non-hydrogen) atoms. The van der Waals surface area contributed by atoms with Crippen LogP contribution in [0, 0.1) is 6.42 Å². The van der Waals surface area contributed by atoms with Crippen LogP contribution in [0.4, 0.5) is 4.79 Å². The third-order valence-corrected chi connectivity index (χ3v) is 6.00. The van der Waals surface area contributed by atoms with Gasteiger partial charge in [0.25, 0.3) is 5.91 Å². The predicted octanol–water partition coefficient (Wildman–Crippen LogP) is 0.483. The van der Waals surface area contributed by atoms with Crippen LogP contribution in [0.15, 0.2) is 35.9 Å². The minimum absolute atomic E-state index is 0.0868. The number of urea groups is 1. The summed E-state index contributed by atoms with van der Waals surface area (Å²) in [5.74, 6) is -1.61. The van der Waals surface area contributed by atoms with Crippen molar-refractivity contribution in [3.05, 3.63) is 53.5 Å². The second-order valence-electron chi connectivity index (χ2n) is 8.93. The number of amides is 4. The van der Waals surface area contributed by atoms with Crippen molar-refractivity contribution in [2.24, 2.45) is 5.73 Å². The maximum absolute atomic E-state index is 12.8. The quantitative estimate of drug-likeness (QED) is 0.245. The highest BCUT2D eigenvalue weighted by atomic mass is 16.6. The molecule has 4 amide bonds. The summed E-state index contributed by atoms with van der Waals surface area (Å²) in [7, 11) is 0. The van der Waals surface area contributed by atoms with E-state index in [0.29, 0.717) is 19.0 Å². The lowest BCUT2D eigenvalue weighted by Gasteiger charge is -2.30. The average molecular weight is 472 g/mol. The number of nitrogens with zero attached hydrogens (tertiary/aromatic N) is 1. The van der Waals surface area contributed by atoms with Crippen molar-refractivity contribution in [3.63, 3.8) is 0 Å². The fourth-order valence-electron chi connectivity index (χ4n) is 3.98. The first-order valence-electron chi connectivity index (χ1n) is 11.2. The van der Waals surface area contributed by atoms with E-state index in [1.54, 1.807) is 6.08 Å². The number of hydrogen-bond acceptors (Lipinski definition) is 7. The number of nitrogens with two attached hydrogens (primary N) is 1.